The van der Waals surface area contributed by atoms with Crippen molar-refractivity contribution in [2.24, 2.45) is 0 Å². The summed E-state index contributed by atoms with van der Waals surface area (Å²) in [7, 11) is 1.41. The van der Waals surface area contributed by atoms with Crippen molar-refractivity contribution in [3.05, 3.63) is 35.5 Å². The summed E-state index contributed by atoms with van der Waals surface area (Å²) >= 11 is 5.92. The first-order chi connectivity index (χ1) is 10.1. The molecule has 0 amide bonds. The Morgan fingerprint density at radius 1 is 1.38 bits per heavy atom. The zero-order valence-electron chi connectivity index (χ0n) is 11.4. The van der Waals surface area contributed by atoms with E-state index in [4.69, 9.17) is 20.9 Å². The van der Waals surface area contributed by atoms with E-state index in [-0.39, 0.29) is 11.6 Å². The highest BCUT2D eigenvalue weighted by Gasteiger charge is 2.16. The summed E-state index contributed by atoms with van der Waals surface area (Å²) in [6, 6.07) is 2.91. The van der Waals surface area contributed by atoms with Crippen LogP contribution >= 0.6 is 11.6 Å². The smallest absolute Gasteiger partial charge is 0.223 e. The molecule has 0 N–H and O–H groups in total. The first-order valence-corrected chi connectivity index (χ1v) is 6.73. The summed E-state index contributed by atoms with van der Waals surface area (Å²) in [6.07, 6.45) is 0. The largest absolute Gasteiger partial charge is 0.494 e. The zero-order valence-corrected chi connectivity index (χ0v) is 12.2. The van der Waals surface area contributed by atoms with E-state index in [9.17, 15) is 4.39 Å². The van der Waals surface area contributed by atoms with E-state index in [1.807, 2.05) is 4.57 Å². The Balaban J connectivity index is 2.14. The maximum absolute atomic E-state index is 13.7. The normalized spacial score (nSPS) is 11.2. The first kappa shape index (κ1) is 13.8. The summed E-state index contributed by atoms with van der Waals surface area (Å²) in [5, 5.41) is 3.85. The molecule has 0 saturated carbocycles. The van der Waals surface area contributed by atoms with Crippen LogP contribution in [0.5, 0.6) is 5.75 Å². The van der Waals surface area contributed by atoms with Gasteiger partial charge in [0, 0.05) is 19.1 Å². The number of benzene rings is 1. The summed E-state index contributed by atoms with van der Waals surface area (Å²) < 4.78 is 25.5. The van der Waals surface area contributed by atoms with E-state index in [1.165, 1.54) is 13.2 Å². The molecule has 2 aromatic heterocycles. The second-order valence-electron chi connectivity index (χ2n) is 4.45. The molecule has 0 fully saturated rings. The number of fused-ring (bicyclic) bond motifs is 1. The number of rotatable bonds is 4. The van der Waals surface area contributed by atoms with Crippen LogP contribution in [0.15, 0.2) is 16.7 Å². The van der Waals surface area contributed by atoms with Gasteiger partial charge in [-0.15, -0.1) is 11.6 Å². The van der Waals surface area contributed by atoms with Crippen molar-refractivity contribution >= 4 is 22.6 Å². The fourth-order valence-corrected chi connectivity index (χ4v) is 2.36. The molecule has 0 spiro atoms. The number of imidazole rings is 1. The van der Waals surface area contributed by atoms with E-state index in [2.05, 4.69) is 15.1 Å². The van der Waals surface area contributed by atoms with Crippen LogP contribution in [0.4, 0.5) is 4.39 Å². The van der Waals surface area contributed by atoms with Crippen molar-refractivity contribution in [2.75, 3.05) is 7.11 Å². The Morgan fingerprint density at radius 2 is 2.19 bits per heavy atom. The second kappa shape index (κ2) is 5.33. The van der Waals surface area contributed by atoms with Crippen molar-refractivity contribution in [2.45, 2.75) is 19.3 Å². The van der Waals surface area contributed by atoms with E-state index in [1.54, 1.807) is 13.0 Å². The van der Waals surface area contributed by atoms with Gasteiger partial charge in [0.15, 0.2) is 17.4 Å². The van der Waals surface area contributed by atoms with Gasteiger partial charge in [-0.05, 0) is 0 Å². The molecule has 2 heterocycles. The minimum atomic E-state index is -0.467. The Bertz CT molecular complexity index is 799. The molecule has 0 aliphatic heterocycles. The van der Waals surface area contributed by atoms with Crippen LogP contribution in [0.3, 0.4) is 0 Å². The molecule has 0 atom stereocenters. The number of aryl methyl sites for hydroxylation is 1. The molecule has 110 valence electrons. The number of hydrogen-bond donors (Lipinski definition) is 0. The number of ether oxygens (including phenoxy) is 1. The molecule has 21 heavy (non-hydrogen) atoms. The SMILES string of the molecule is COc1cc2c(cc1F)nc(CCl)n2Cc1noc(C)n1. The van der Waals surface area contributed by atoms with E-state index in [0.29, 0.717) is 35.1 Å². The van der Waals surface area contributed by atoms with Crippen molar-refractivity contribution in [3.8, 4) is 5.75 Å². The third-order valence-corrected chi connectivity index (χ3v) is 3.33. The highest BCUT2D eigenvalue weighted by molar-refractivity contribution is 6.16. The molecule has 6 nitrogen and oxygen atoms in total. The molecule has 0 aliphatic carbocycles. The monoisotopic (exact) mass is 310 g/mol. The summed E-state index contributed by atoms with van der Waals surface area (Å²) in [6.45, 7) is 2.05. The lowest BCUT2D eigenvalue weighted by atomic mass is 10.3. The Labute approximate surface area is 124 Å². The molecule has 3 rings (SSSR count). The summed E-state index contributed by atoms with van der Waals surface area (Å²) in [4.78, 5) is 8.47. The molecule has 0 radical (unpaired) electrons. The third kappa shape index (κ3) is 2.44. The fourth-order valence-electron chi connectivity index (χ4n) is 2.16. The van der Waals surface area contributed by atoms with Gasteiger partial charge in [0.1, 0.15) is 5.82 Å². The number of halogens is 2. The van der Waals surface area contributed by atoms with Crippen molar-refractivity contribution in [3.63, 3.8) is 0 Å². The van der Waals surface area contributed by atoms with Gasteiger partial charge in [-0.1, -0.05) is 5.16 Å². The van der Waals surface area contributed by atoms with Crippen molar-refractivity contribution in [1.29, 1.82) is 0 Å². The average molecular weight is 311 g/mol. The Hall–Kier alpha value is -2.15. The molecule has 0 unspecified atom stereocenters. The quantitative estimate of drug-likeness (QED) is 0.693. The number of methoxy groups -OCH3 is 1. The summed E-state index contributed by atoms with van der Waals surface area (Å²) in [5.74, 6) is 1.45. The van der Waals surface area contributed by atoms with E-state index < -0.39 is 5.82 Å². The van der Waals surface area contributed by atoms with Crippen LogP contribution in [-0.4, -0.2) is 26.8 Å². The predicted molar refractivity (Wildman–Crippen MR) is 73.9 cm³/mol. The molecule has 3 aromatic rings. The summed E-state index contributed by atoms with van der Waals surface area (Å²) in [5.41, 5.74) is 1.20. The molecular formula is C13H12ClFN4O2. The van der Waals surface area contributed by atoms with Crippen molar-refractivity contribution < 1.29 is 13.7 Å². The number of nitrogens with zero attached hydrogens (tertiary/aromatic N) is 4. The second-order valence-corrected chi connectivity index (χ2v) is 4.72. The van der Waals surface area contributed by atoms with Crippen LogP contribution in [0, 0.1) is 12.7 Å². The zero-order chi connectivity index (χ0) is 15.0. The van der Waals surface area contributed by atoms with Crippen LogP contribution in [0.25, 0.3) is 11.0 Å². The molecule has 1 aromatic carbocycles. The molecule has 0 saturated heterocycles. The topological polar surface area (TPSA) is 66.0 Å². The Morgan fingerprint density at radius 3 is 2.81 bits per heavy atom. The molecule has 8 heteroatoms. The Kier molecular flexibility index (Phi) is 3.50. The highest BCUT2D eigenvalue weighted by Crippen LogP contribution is 2.26. The van der Waals surface area contributed by atoms with Crippen LogP contribution < -0.4 is 4.74 Å². The maximum Gasteiger partial charge on any atom is 0.223 e. The maximum atomic E-state index is 13.7. The highest BCUT2D eigenvalue weighted by atomic mass is 35.5. The first-order valence-electron chi connectivity index (χ1n) is 6.20. The third-order valence-electron chi connectivity index (χ3n) is 3.09. The number of hydrogen-bond acceptors (Lipinski definition) is 5. The number of aromatic nitrogens is 4. The molecular weight excluding hydrogens is 299 g/mol. The standard InChI is InChI=1S/C13H12ClFN4O2/c1-7-16-12(18-21-7)6-19-10-4-11(20-2)8(15)3-9(10)17-13(19)5-14/h3-4H,5-6H2,1-2H3. The lowest BCUT2D eigenvalue weighted by Crippen LogP contribution is -2.05. The fraction of sp³-hybridized carbons (Fsp3) is 0.308. The minimum absolute atomic E-state index is 0.147. The van der Waals surface area contributed by atoms with Gasteiger partial charge in [0.2, 0.25) is 5.89 Å². The van der Waals surface area contributed by atoms with Gasteiger partial charge in [0.25, 0.3) is 0 Å². The van der Waals surface area contributed by atoms with Gasteiger partial charge in [0.05, 0.1) is 30.6 Å². The van der Waals surface area contributed by atoms with Gasteiger partial charge >= 0.3 is 0 Å². The van der Waals surface area contributed by atoms with Gasteiger partial charge in [-0.3, -0.25) is 0 Å². The van der Waals surface area contributed by atoms with E-state index in [0.717, 1.165) is 0 Å². The van der Waals surface area contributed by atoms with E-state index >= 15 is 0 Å². The van der Waals surface area contributed by atoms with Crippen molar-refractivity contribution in [1.82, 2.24) is 19.7 Å². The molecule has 0 aliphatic rings. The van der Waals surface area contributed by atoms with Gasteiger partial charge in [-0.2, -0.15) is 4.98 Å². The lowest BCUT2D eigenvalue weighted by Gasteiger charge is -2.06. The predicted octanol–water partition coefficient (Wildman–Crippen LogP) is 2.66. The van der Waals surface area contributed by atoms with Crippen LogP contribution in [-0.2, 0) is 12.4 Å². The lowest BCUT2D eigenvalue weighted by molar-refractivity contribution is 0.385. The van der Waals surface area contributed by atoms with Crippen LogP contribution in [0.2, 0.25) is 0 Å². The van der Waals surface area contributed by atoms with Gasteiger partial charge in [-0.25, -0.2) is 9.37 Å². The molecule has 0 bridgehead atoms. The average Bonchev–Trinajstić information content (AvgIpc) is 3.02. The van der Waals surface area contributed by atoms with Crippen LogP contribution in [0.1, 0.15) is 17.5 Å². The minimum Gasteiger partial charge on any atom is -0.494 e. The van der Waals surface area contributed by atoms with Gasteiger partial charge < -0.3 is 13.8 Å². The number of alkyl halides is 1.